The zero-order chi connectivity index (χ0) is 20.0. The zero-order valence-electron chi connectivity index (χ0n) is 15.8. The average molecular weight is 374 g/mol. The molecule has 28 heavy (non-hydrogen) atoms. The highest BCUT2D eigenvalue weighted by atomic mass is 16.4. The van der Waals surface area contributed by atoms with Crippen molar-refractivity contribution >= 4 is 23.1 Å². The average Bonchev–Trinajstić information content (AvgIpc) is 2.85. The largest absolute Gasteiger partial charge is 0.481 e. The fourth-order valence-corrected chi connectivity index (χ4v) is 3.14. The number of anilines is 1. The number of carboxylic acid groups (broad SMARTS) is 1. The second-order valence-electron chi connectivity index (χ2n) is 6.70. The molecule has 3 aromatic rings. The lowest BCUT2D eigenvalue weighted by Gasteiger charge is -2.31. The number of aliphatic imine (C=N–C) groups is 1. The number of hydrogen-bond acceptors (Lipinski definition) is 5. The molecular formula is C22H22N4O2. The third-order valence-electron chi connectivity index (χ3n) is 4.42. The van der Waals surface area contributed by atoms with Gasteiger partial charge in [0.05, 0.1) is 22.6 Å². The molecule has 0 fully saturated rings. The van der Waals surface area contributed by atoms with Crippen molar-refractivity contribution in [2.45, 2.75) is 25.8 Å². The first-order chi connectivity index (χ1) is 13.5. The van der Waals surface area contributed by atoms with E-state index in [1.54, 1.807) is 0 Å². The van der Waals surface area contributed by atoms with E-state index in [0.717, 1.165) is 36.0 Å². The summed E-state index contributed by atoms with van der Waals surface area (Å²) in [5.74, 6) is -0.833. The summed E-state index contributed by atoms with van der Waals surface area (Å²) >= 11 is 0. The monoisotopic (exact) mass is 374 g/mol. The Morgan fingerprint density at radius 3 is 2.21 bits per heavy atom. The van der Waals surface area contributed by atoms with E-state index in [1.165, 1.54) is 5.56 Å². The molecule has 0 saturated carbocycles. The molecule has 0 bridgehead atoms. The number of fused-ring (bicyclic) bond motifs is 1. The first kappa shape index (κ1) is 19.2. The molecule has 0 aliphatic carbocycles. The van der Waals surface area contributed by atoms with Gasteiger partial charge in [-0.25, -0.2) is 0 Å². The summed E-state index contributed by atoms with van der Waals surface area (Å²) in [6, 6.07) is 16.3. The zero-order valence-corrected chi connectivity index (χ0v) is 15.8. The van der Waals surface area contributed by atoms with E-state index in [0.29, 0.717) is 0 Å². The van der Waals surface area contributed by atoms with Gasteiger partial charge in [-0.15, -0.1) is 0 Å². The van der Waals surface area contributed by atoms with Crippen LogP contribution < -0.4 is 5.32 Å². The van der Waals surface area contributed by atoms with Crippen molar-refractivity contribution in [2.24, 2.45) is 4.99 Å². The molecule has 0 spiro atoms. The summed E-state index contributed by atoms with van der Waals surface area (Å²) in [5, 5.41) is 11.1. The number of carboxylic acids is 1. The van der Waals surface area contributed by atoms with Crippen LogP contribution in [-0.4, -0.2) is 26.8 Å². The number of para-hydroxylation sites is 2. The molecule has 2 aromatic heterocycles. The van der Waals surface area contributed by atoms with Crippen LogP contribution >= 0.6 is 0 Å². The van der Waals surface area contributed by atoms with Gasteiger partial charge in [0.25, 0.3) is 5.97 Å². The Morgan fingerprint density at radius 1 is 1.00 bits per heavy atom. The smallest absolute Gasteiger partial charge is 0.300 e. The third kappa shape index (κ3) is 4.59. The predicted molar refractivity (Wildman–Crippen MR) is 110 cm³/mol. The van der Waals surface area contributed by atoms with Crippen LogP contribution in [0.3, 0.4) is 0 Å². The van der Waals surface area contributed by atoms with Gasteiger partial charge in [0.1, 0.15) is 0 Å². The summed E-state index contributed by atoms with van der Waals surface area (Å²) in [4.78, 5) is 22.2. The van der Waals surface area contributed by atoms with Gasteiger partial charge in [-0.2, -0.15) is 0 Å². The Labute approximate surface area is 164 Å². The number of aromatic nitrogens is 2. The number of carbonyl (C=O) groups is 1. The van der Waals surface area contributed by atoms with Gasteiger partial charge < -0.3 is 10.4 Å². The van der Waals surface area contributed by atoms with Gasteiger partial charge in [0.2, 0.25) is 0 Å². The molecule has 1 aliphatic rings. The molecule has 2 N–H and O–H groups in total. The minimum absolute atomic E-state index is 0.266. The van der Waals surface area contributed by atoms with Crippen LogP contribution in [-0.2, 0) is 10.3 Å². The molecule has 1 atom stereocenters. The number of pyridine rings is 2. The quantitative estimate of drug-likeness (QED) is 0.693. The SMILES string of the molecule is CC(=O)O.C[C@]1(c2ccncc2)CC(c2ccncc2)=Nc2ccccc2N1. The second-order valence-corrected chi connectivity index (χ2v) is 6.70. The van der Waals surface area contributed by atoms with Crippen molar-refractivity contribution in [1.29, 1.82) is 0 Å². The molecule has 1 aromatic carbocycles. The topological polar surface area (TPSA) is 87.5 Å². The summed E-state index contributed by atoms with van der Waals surface area (Å²) < 4.78 is 0. The molecule has 0 unspecified atom stereocenters. The van der Waals surface area contributed by atoms with E-state index in [9.17, 15) is 0 Å². The molecule has 0 radical (unpaired) electrons. The number of nitrogens with zero attached hydrogens (tertiary/aromatic N) is 3. The van der Waals surface area contributed by atoms with Crippen LogP contribution in [0.25, 0.3) is 0 Å². The number of hydrogen-bond donors (Lipinski definition) is 2. The first-order valence-electron chi connectivity index (χ1n) is 8.93. The number of nitrogens with one attached hydrogen (secondary N) is 1. The minimum atomic E-state index is -0.833. The van der Waals surface area contributed by atoms with Crippen LogP contribution in [0.1, 0.15) is 31.4 Å². The van der Waals surface area contributed by atoms with Crippen LogP contribution in [0.2, 0.25) is 0 Å². The van der Waals surface area contributed by atoms with E-state index in [4.69, 9.17) is 14.9 Å². The Kier molecular flexibility index (Phi) is 5.79. The highest BCUT2D eigenvalue weighted by Crippen LogP contribution is 2.38. The molecule has 6 heteroatoms. The maximum atomic E-state index is 9.00. The molecule has 142 valence electrons. The van der Waals surface area contributed by atoms with Crippen LogP contribution in [0.5, 0.6) is 0 Å². The van der Waals surface area contributed by atoms with Gasteiger partial charge in [-0.3, -0.25) is 19.8 Å². The van der Waals surface area contributed by atoms with Crippen molar-refractivity contribution in [3.05, 3.63) is 84.4 Å². The van der Waals surface area contributed by atoms with E-state index >= 15 is 0 Å². The Bertz CT molecular complexity index is 970. The summed E-state index contributed by atoms with van der Waals surface area (Å²) in [6.07, 6.45) is 8.07. The van der Waals surface area contributed by atoms with Gasteiger partial charge in [0, 0.05) is 38.1 Å². The van der Waals surface area contributed by atoms with Crippen molar-refractivity contribution in [2.75, 3.05) is 5.32 Å². The van der Waals surface area contributed by atoms with E-state index in [-0.39, 0.29) is 5.54 Å². The van der Waals surface area contributed by atoms with Gasteiger partial charge >= 0.3 is 0 Å². The fourth-order valence-electron chi connectivity index (χ4n) is 3.14. The second kappa shape index (κ2) is 8.43. The van der Waals surface area contributed by atoms with Crippen LogP contribution in [0.4, 0.5) is 11.4 Å². The molecular weight excluding hydrogens is 352 g/mol. The highest BCUT2D eigenvalue weighted by molar-refractivity contribution is 6.04. The molecule has 0 amide bonds. The number of rotatable bonds is 2. The minimum Gasteiger partial charge on any atom is -0.481 e. The maximum Gasteiger partial charge on any atom is 0.300 e. The predicted octanol–water partition coefficient (Wildman–Crippen LogP) is 4.42. The van der Waals surface area contributed by atoms with Crippen molar-refractivity contribution in [3.8, 4) is 0 Å². The van der Waals surface area contributed by atoms with Gasteiger partial charge in [-0.1, -0.05) is 12.1 Å². The Morgan fingerprint density at radius 2 is 1.57 bits per heavy atom. The van der Waals surface area contributed by atoms with Gasteiger partial charge in [0.15, 0.2) is 0 Å². The van der Waals surface area contributed by atoms with Crippen LogP contribution in [0, 0.1) is 0 Å². The molecule has 4 rings (SSSR count). The Balaban J connectivity index is 0.000000516. The summed E-state index contributed by atoms with van der Waals surface area (Å²) in [5.41, 5.74) is 5.08. The standard InChI is InChI=1S/C20H18N4.C2H4O2/c1-20(16-8-12-22-13-9-16)14-19(15-6-10-21-11-7-15)23-17-4-2-3-5-18(17)24-20;1-2(3)4/h2-13,24H,14H2,1H3;1H3,(H,3,4)/t20-;/m1./s1. The van der Waals surface area contributed by atoms with Crippen LogP contribution in [0.15, 0.2) is 78.3 Å². The van der Waals surface area contributed by atoms with Crippen molar-refractivity contribution < 1.29 is 9.90 Å². The fraction of sp³-hybridized carbons (Fsp3) is 0.182. The van der Waals surface area contributed by atoms with E-state index in [2.05, 4.69) is 40.4 Å². The normalized spacial score (nSPS) is 17.7. The molecule has 0 saturated heterocycles. The lowest BCUT2D eigenvalue weighted by atomic mass is 9.85. The lowest BCUT2D eigenvalue weighted by molar-refractivity contribution is -0.134. The van der Waals surface area contributed by atoms with Crippen molar-refractivity contribution in [1.82, 2.24) is 9.97 Å². The first-order valence-corrected chi connectivity index (χ1v) is 8.93. The van der Waals surface area contributed by atoms with E-state index in [1.807, 2.05) is 55.1 Å². The Hall–Kier alpha value is -3.54. The van der Waals surface area contributed by atoms with Crippen molar-refractivity contribution in [3.63, 3.8) is 0 Å². The summed E-state index contributed by atoms with van der Waals surface area (Å²) in [6.45, 7) is 3.29. The third-order valence-corrected chi connectivity index (χ3v) is 4.42. The molecule has 3 heterocycles. The molecule has 1 aliphatic heterocycles. The van der Waals surface area contributed by atoms with Gasteiger partial charge in [-0.05, 0) is 54.4 Å². The van der Waals surface area contributed by atoms with E-state index < -0.39 is 5.97 Å². The maximum absolute atomic E-state index is 9.00. The summed E-state index contributed by atoms with van der Waals surface area (Å²) in [7, 11) is 0. The highest BCUT2D eigenvalue weighted by Gasteiger charge is 2.31. The number of aliphatic carboxylic acids is 1. The lowest BCUT2D eigenvalue weighted by Crippen LogP contribution is -2.33. The number of benzene rings is 1. The molecule has 6 nitrogen and oxygen atoms in total.